The average Bonchev–Trinajstić information content (AvgIpc) is 2.29. The van der Waals surface area contributed by atoms with Gasteiger partial charge in [0.15, 0.2) is 0 Å². The maximum absolute atomic E-state index is 13.5. The van der Waals surface area contributed by atoms with E-state index in [1.807, 2.05) is 0 Å². The van der Waals surface area contributed by atoms with Gasteiger partial charge in [-0.3, -0.25) is 14.9 Å². The maximum Gasteiger partial charge on any atom is 0.249 e. The first-order valence-electron chi connectivity index (χ1n) is 5.25. The molecule has 1 heterocycles. The molecule has 1 fully saturated rings. The molecule has 1 unspecified atom stereocenters. The van der Waals surface area contributed by atoms with Gasteiger partial charge in [0.05, 0.1) is 22.4 Å². The number of nitrogen functional groups attached to an aromatic ring is 1. The van der Waals surface area contributed by atoms with Gasteiger partial charge in [-0.05, 0) is 28.9 Å². The summed E-state index contributed by atoms with van der Waals surface area (Å²) in [7, 11) is 0. The summed E-state index contributed by atoms with van der Waals surface area (Å²) in [6.07, 6.45) is 0. The zero-order chi connectivity index (χ0) is 13.4. The molecule has 0 spiro atoms. The Bertz CT molecular complexity index is 535. The normalized spacial score (nSPS) is 19.9. The quantitative estimate of drug-likeness (QED) is 0.599. The molecule has 1 aromatic carbocycles. The van der Waals surface area contributed by atoms with Gasteiger partial charge < -0.3 is 10.6 Å². The van der Waals surface area contributed by atoms with Crippen LogP contribution in [-0.4, -0.2) is 24.4 Å². The second-order valence-electron chi connectivity index (χ2n) is 4.04. The van der Waals surface area contributed by atoms with Crippen molar-refractivity contribution in [3.8, 4) is 0 Å². The lowest BCUT2D eigenvalue weighted by atomic mass is 10.1. The lowest BCUT2D eigenvalue weighted by Gasteiger charge is -2.34. The standard InChI is InChI=1S/C11H11BrFN3O2/c1-5-11(18)15-10(17)4-16(5)9-3-7(13)6(12)2-8(9)14/h2-3,5H,4,14H2,1H3,(H,15,17,18). The lowest BCUT2D eigenvalue weighted by molar-refractivity contribution is -0.132. The van der Waals surface area contributed by atoms with E-state index in [2.05, 4.69) is 21.2 Å². The summed E-state index contributed by atoms with van der Waals surface area (Å²) in [5, 5.41) is 2.21. The smallest absolute Gasteiger partial charge is 0.249 e. The molecule has 0 saturated carbocycles. The molecule has 2 amide bonds. The van der Waals surface area contributed by atoms with E-state index in [-0.39, 0.29) is 11.0 Å². The summed E-state index contributed by atoms with van der Waals surface area (Å²) >= 11 is 3.02. The lowest BCUT2D eigenvalue weighted by Crippen LogP contribution is -2.57. The SMILES string of the molecule is CC1C(=O)NC(=O)CN1c1cc(F)c(Br)cc1N. The summed E-state index contributed by atoms with van der Waals surface area (Å²) in [6.45, 7) is 1.60. The van der Waals surface area contributed by atoms with E-state index in [1.165, 1.54) is 17.0 Å². The molecule has 2 rings (SSSR count). The van der Waals surface area contributed by atoms with Crippen LogP contribution in [0.25, 0.3) is 0 Å². The first-order valence-corrected chi connectivity index (χ1v) is 6.04. The highest BCUT2D eigenvalue weighted by molar-refractivity contribution is 9.10. The molecule has 1 atom stereocenters. The van der Waals surface area contributed by atoms with Crippen LogP contribution in [0, 0.1) is 5.82 Å². The number of imide groups is 1. The van der Waals surface area contributed by atoms with Crippen molar-refractivity contribution in [1.82, 2.24) is 5.32 Å². The zero-order valence-electron chi connectivity index (χ0n) is 9.54. The molecule has 1 aliphatic rings. The van der Waals surface area contributed by atoms with Crippen molar-refractivity contribution in [2.45, 2.75) is 13.0 Å². The van der Waals surface area contributed by atoms with Crippen molar-refractivity contribution in [2.75, 3.05) is 17.2 Å². The van der Waals surface area contributed by atoms with Crippen molar-refractivity contribution < 1.29 is 14.0 Å². The van der Waals surface area contributed by atoms with Crippen LogP contribution < -0.4 is 16.0 Å². The highest BCUT2D eigenvalue weighted by Crippen LogP contribution is 2.31. The maximum atomic E-state index is 13.5. The van der Waals surface area contributed by atoms with E-state index in [9.17, 15) is 14.0 Å². The molecule has 7 heteroatoms. The van der Waals surface area contributed by atoms with Crippen molar-refractivity contribution in [3.63, 3.8) is 0 Å². The van der Waals surface area contributed by atoms with Crippen LogP contribution in [0.3, 0.4) is 0 Å². The van der Waals surface area contributed by atoms with Crippen molar-refractivity contribution >= 4 is 39.1 Å². The predicted molar refractivity (Wildman–Crippen MR) is 68.5 cm³/mol. The summed E-state index contributed by atoms with van der Waals surface area (Å²) in [5.41, 5.74) is 6.44. The fraction of sp³-hybridized carbons (Fsp3) is 0.273. The number of rotatable bonds is 1. The number of anilines is 2. The van der Waals surface area contributed by atoms with Gasteiger partial charge in [0.1, 0.15) is 11.9 Å². The minimum atomic E-state index is -0.578. The Hall–Kier alpha value is -1.63. The Labute approximate surface area is 111 Å². The van der Waals surface area contributed by atoms with Gasteiger partial charge in [0.25, 0.3) is 0 Å². The van der Waals surface area contributed by atoms with Crippen molar-refractivity contribution in [2.24, 2.45) is 0 Å². The van der Waals surface area contributed by atoms with E-state index in [4.69, 9.17) is 5.73 Å². The summed E-state index contributed by atoms with van der Waals surface area (Å²) in [6, 6.07) is 2.04. The van der Waals surface area contributed by atoms with Gasteiger partial charge >= 0.3 is 0 Å². The molecule has 1 aliphatic heterocycles. The van der Waals surface area contributed by atoms with Crippen LogP contribution in [0.5, 0.6) is 0 Å². The summed E-state index contributed by atoms with van der Waals surface area (Å²) in [5.74, 6) is -1.35. The second-order valence-corrected chi connectivity index (χ2v) is 4.90. The van der Waals surface area contributed by atoms with Crippen molar-refractivity contribution in [1.29, 1.82) is 0 Å². The molecule has 96 valence electrons. The predicted octanol–water partition coefficient (Wildman–Crippen LogP) is 1.02. The van der Waals surface area contributed by atoms with Gasteiger partial charge in [-0.2, -0.15) is 0 Å². The number of halogens is 2. The number of nitrogens with one attached hydrogen (secondary N) is 1. The third-order valence-corrected chi connectivity index (χ3v) is 3.41. The molecular weight excluding hydrogens is 305 g/mol. The summed E-state index contributed by atoms with van der Waals surface area (Å²) in [4.78, 5) is 24.4. The van der Waals surface area contributed by atoms with Crippen LogP contribution in [0.2, 0.25) is 0 Å². The number of carbonyl (C=O) groups excluding carboxylic acids is 2. The minimum absolute atomic E-state index is 0.0296. The number of piperazine rings is 1. The fourth-order valence-electron chi connectivity index (χ4n) is 1.81. The molecular formula is C11H11BrFN3O2. The third kappa shape index (κ3) is 2.17. The molecule has 0 aromatic heterocycles. The topological polar surface area (TPSA) is 75.4 Å². The Balaban J connectivity index is 2.44. The third-order valence-electron chi connectivity index (χ3n) is 2.80. The number of hydrogen-bond acceptors (Lipinski definition) is 4. The molecule has 1 aromatic rings. The molecule has 0 aliphatic carbocycles. The van der Waals surface area contributed by atoms with Crippen LogP contribution in [-0.2, 0) is 9.59 Å². The Kier molecular flexibility index (Phi) is 3.25. The monoisotopic (exact) mass is 315 g/mol. The summed E-state index contributed by atoms with van der Waals surface area (Å²) < 4.78 is 13.8. The highest BCUT2D eigenvalue weighted by atomic mass is 79.9. The average molecular weight is 316 g/mol. The van der Waals surface area contributed by atoms with E-state index in [0.29, 0.717) is 11.4 Å². The number of nitrogens with zero attached hydrogens (tertiary/aromatic N) is 1. The second kappa shape index (κ2) is 4.56. The zero-order valence-corrected chi connectivity index (χ0v) is 11.1. The molecule has 5 nitrogen and oxygen atoms in total. The largest absolute Gasteiger partial charge is 0.397 e. The van der Waals surface area contributed by atoms with Gasteiger partial charge in [-0.15, -0.1) is 0 Å². The van der Waals surface area contributed by atoms with Gasteiger partial charge in [-0.1, -0.05) is 0 Å². The first-order chi connectivity index (χ1) is 8.40. The number of hydrogen-bond donors (Lipinski definition) is 2. The van der Waals surface area contributed by atoms with E-state index < -0.39 is 23.7 Å². The Morgan fingerprint density at radius 1 is 1.50 bits per heavy atom. The van der Waals surface area contributed by atoms with Gasteiger partial charge in [0.2, 0.25) is 11.8 Å². The van der Waals surface area contributed by atoms with Crippen LogP contribution in [0.4, 0.5) is 15.8 Å². The van der Waals surface area contributed by atoms with E-state index in [1.54, 1.807) is 6.92 Å². The number of carbonyl (C=O) groups is 2. The number of amides is 2. The molecule has 1 saturated heterocycles. The van der Waals surface area contributed by atoms with Gasteiger partial charge in [0, 0.05) is 6.07 Å². The van der Waals surface area contributed by atoms with E-state index in [0.717, 1.165) is 0 Å². The van der Waals surface area contributed by atoms with Crippen LogP contribution >= 0.6 is 15.9 Å². The number of nitrogens with two attached hydrogens (primary N) is 1. The Morgan fingerprint density at radius 2 is 2.17 bits per heavy atom. The van der Waals surface area contributed by atoms with Crippen LogP contribution in [0.15, 0.2) is 16.6 Å². The first kappa shape index (κ1) is 12.8. The van der Waals surface area contributed by atoms with E-state index >= 15 is 0 Å². The van der Waals surface area contributed by atoms with Crippen molar-refractivity contribution in [3.05, 3.63) is 22.4 Å². The molecule has 0 bridgehead atoms. The van der Waals surface area contributed by atoms with Gasteiger partial charge in [-0.25, -0.2) is 4.39 Å². The number of benzene rings is 1. The molecule has 0 radical (unpaired) electrons. The molecule has 18 heavy (non-hydrogen) atoms. The van der Waals surface area contributed by atoms with Crippen LogP contribution in [0.1, 0.15) is 6.92 Å². The minimum Gasteiger partial charge on any atom is -0.397 e. The highest BCUT2D eigenvalue weighted by Gasteiger charge is 2.31. The Morgan fingerprint density at radius 3 is 2.83 bits per heavy atom. The molecule has 3 N–H and O–H groups in total. The fourth-order valence-corrected chi connectivity index (χ4v) is 2.17.